The number of hydrogen-bond acceptors (Lipinski definition) is 4. The van der Waals surface area contributed by atoms with Crippen molar-refractivity contribution in [3.63, 3.8) is 0 Å². The van der Waals surface area contributed by atoms with Gasteiger partial charge in [0, 0.05) is 16.9 Å². The molecule has 0 fully saturated rings. The normalized spacial score (nSPS) is 11.0. The number of carbonyl (C=O) groups excluding carboxylic acids is 2. The molecule has 0 saturated carbocycles. The van der Waals surface area contributed by atoms with Crippen molar-refractivity contribution in [3.05, 3.63) is 83.9 Å². The van der Waals surface area contributed by atoms with Crippen molar-refractivity contribution in [1.82, 2.24) is 0 Å². The van der Waals surface area contributed by atoms with Crippen molar-refractivity contribution in [2.75, 3.05) is 29.1 Å². The van der Waals surface area contributed by atoms with E-state index < -0.39 is 17.6 Å². The van der Waals surface area contributed by atoms with Crippen molar-refractivity contribution in [1.29, 1.82) is 0 Å². The molecule has 0 aromatic heterocycles. The van der Waals surface area contributed by atoms with Gasteiger partial charge in [-0.25, -0.2) is 0 Å². The molecule has 184 valence electrons. The number of ether oxygens (including phenoxy) is 1. The second-order valence-electron chi connectivity index (χ2n) is 7.71. The van der Waals surface area contributed by atoms with Gasteiger partial charge in [0.1, 0.15) is 5.75 Å². The molecule has 0 aliphatic rings. The molecule has 2 amide bonds. The third-order valence-electron chi connectivity index (χ3n) is 4.94. The summed E-state index contributed by atoms with van der Waals surface area (Å²) < 4.78 is 44.4. The van der Waals surface area contributed by atoms with E-state index in [-0.39, 0.29) is 23.7 Å². The number of alkyl halides is 3. The van der Waals surface area contributed by atoms with E-state index in [0.717, 1.165) is 25.0 Å². The van der Waals surface area contributed by atoms with Gasteiger partial charge >= 0.3 is 6.18 Å². The highest BCUT2D eigenvalue weighted by Gasteiger charge is 2.30. The largest absolute Gasteiger partial charge is 0.491 e. The summed E-state index contributed by atoms with van der Waals surface area (Å²) in [6.07, 6.45) is -2.61. The van der Waals surface area contributed by atoms with Crippen molar-refractivity contribution < 1.29 is 27.5 Å². The van der Waals surface area contributed by atoms with Crippen LogP contribution < -0.4 is 20.7 Å². The molecule has 0 radical (unpaired) electrons. The molecule has 3 aromatic carbocycles. The zero-order chi connectivity index (χ0) is 25.3. The fourth-order valence-corrected chi connectivity index (χ4v) is 3.15. The number of hydrogen-bond donors (Lipinski definition) is 3. The Morgan fingerprint density at radius 2 is 1.63 bits per heavy atom. The molecule has 0 aliphatic carbocycles. The Morgan fingerprint density at radius 1 is 0.886 bits per heavy atom. The third-order valence-corrected chi connectivity index (χ3v) is 4.94. The first kappa shape index (κ1) is 25.6. The topological polar surface area (TPSA) is 79.5 Å². The van der Waals surface area contributed by atoms with E-state index in [9.17, 15) is 22.8 Å². The Kier molecular flexibility index (Phi) is 8.72. The van der Waals surface area contributed by atoms with Crippen molar-refractivity contribution in [3.8, 4) is 5.75 Å². The van der Waals surface area contributed by atoms with Gasteiger partial charge in [-0.15, -0.1) is 0 Å². The van der Waals surface area contributed by atoms with Crippen LogP contribution in [-0.4, -0.2) is 25.0 Å². The molecule has 0 saturated heterocycles. The molecule has 0 bridgehead atoms. The maximum atomic E-state index is 12.9. The molecule has 9 heteroatoms. The van der Waals surface area contributed by atoms with E-state index in [0.29, 0.717) is 23.7 Å². The fraction of sp³-hybridized carbons (Fsp3) is 0.231. The molecule has 0 aliphatic heterocycles. The smallest absolute Gasteiger partial charge is 0.416 e. The lowest BCUT2D eigenvalue weighted by atomic mass is 10.1. The Bertz CT molecular complexity index is 1170. The highest BCUT2D eigenvalue weighted by Crippen LogP contribution is 2.30. The zero-order valence-corrected chi connectivity index (χ0v) is 19.1. The highest BCUT2D eigenvalue weighted by atomic mass is 19.4. The van der Waals surface area contributed by atoms with Gasteiger partial charge in [-0.05, 0) is 55.0 Å². The first-order valence-electron chi connectivity index (χ1n) is 11.1. The van der Waals surface area contributed by atoms with Crippen LogP contribution in [0.1, 0.15) is 35.7 Å². The average molecular weight is 486 g/mol. The van der Waals surface area contributed by atoms with E-state index in [2.05, 4.69) is 22.9 Å². The second-order valence-corrected chi connectivity index (χ2v) is 7.71. The van der Waals surface area contributed by atoms with Gasteiger partial charge in [0.15, 0.2) is 0 Å². The second kappa shape index (κ2) is 11.9. The first-order chi connectivity index (χ1) is 16.8. The summed E-state index contributed by atoms with van der Waals surface area (Å²) in [4.78, 5) is 25.0. The molecular weight excluding hydrogens is 459 g/mol. The number of unbranched alkanes of at least 4 members (excludes halogenated alkanes) is 1. The number of amides is 2. The Balaban J connectivity index is 1.58. The van der Waals surface area contributed by atoms with E-state index in [1.807, 2.05) is 6.07 Å². The van der Waals surface area contributed by atoms with Gasteiger partial charge in [0.2, 0.25) is 5.91 Å². The lowest BCUT2D eigenvalue weighted by Crippen LogP contribution is -2.22. The van der Waals surface area contributed by atoms with Crippen LogP contribution in [0.15, 0.2) is 72.8 Å². The number of benzene rings is 3. The predicted molar refractivity (Wildman–Crippen MR) is 130 cm³/mol. The number of halogens is 3. The van der Waals surface area contributed by atoms with Crippen LogP contribution in [0, 0.1) is 0 Å². The van der Waals surface area contributed by atoms with Crippen LogP contribution in [0.2, 0.25) is 0 Å². The number of carbonyl (C=O) groups is 2. The van der Waals surface area contributed by atoms with Gasteiger partial charge < -0.3 is 20.7 Å². The third kappa shape index (κ3) is 7.77. The van der Waals surface area contributed by atoms with Crippen molar-refractivity contribution >= 4 is 28.9 Å². The van der Waals surface area contributed by atoms with Gasteiger partial charge in [-0.2, -0.15) is 13.2 Å². The van der Waals surface area contributed by atoms with Crippen molar-refractivity contribution in [2.45, 2.75) is 25.9 Å². The summed E-state index contributed by atoms with van der Waals surface area (Å²) in [5.41, 5.74) is 0.466. The number of anilines is 3. The Morgan fingerprint density at radius 3 is 2.40 bits per heavy atom. The van der Waals surface area contributed by atoms with Gasteiger partial charge in [-0.1, -0.05) is 37.6 Å². The van der Waals surface area contributed by atoms with Gasteiger partial charge in [-0.3, -0.25) is 9.59 Å². The summed E-state index contributed by atoms with van der Waals surface area (Å²) >= 11 is 0. The monoisotopic (exact) mass is 485 g/mol. The molecule has 0 atom stereocenters. The zero-order valence-electron chi connectivity index (χ0n) is 19.1. The van der Waals surface area contributed by atoms with Crippen LogP contribution in [0.25, 0.3) is 0 Å². The Hall–Kier alpha value is -4.01. The van der Waals surface area contributed by atoms with E-state index in [1.54, 1.807) is 30.3 Å². The lowest BCUT2D eigenvalue weighted by molar-refractivity contribution is -0.137. The maximum absolute atomic E-state index is 12.9. The van der Waals surface area contributed by atoms with Gasteiger partial charge in [0.25, 0.3) is 5.91 Å². The number of para-hydroxylation sites is 2. The molecule has 3 N–H and O–H groups in total. The summed E-state index contributed by atoms with van der Waals surface area (Å²) in [7, 11) is 0. The molecule has 0 spiro atoms. The van der Waals surface area contributed by atoms with Crippen LogP contribution in [0.5, 0.6) is 5.75 Å². The average Bonchev–Trinajstić information content (AvgIpc) is 2.84. The molecule has 0 unspecified atom stereocenters. The maximum Gasteiger partial charge on any atom is 0.416 e. The number of nitrogens with one attached hydrogen (secondary N) is 3. The summed E-state index contributed by atoms with van der Waals surface area (Å²) in [6, 6.07) is 17.9. The Labute approximate surface area is 201 Å². The molecule has 3 rings (SSSR count). The van der Waals surface area contributed by atoms with Crippen molar-refractivity contribution in [2.24, 2.45) is 0 Å². The SMILES string of the molecule is CCCCOc1ccccc1NC(=O)CNc1cccc(C(=O)Nc2cccc(C(F)(F)F)c2)c1. The predicted octanol–water partition coefficient (Wildman–Crippen LogP) is 6.19. The van der Waals surface area contributed by atoms with Crippen LogP contribution >= 0.6 is 0 Å². The number of rotatable bonds is 10. The van der Waals surface area contributed by atoms with Crippen LogP contribution in [-0.2, 0) is 11.0 Å². The van der Waals surface area contributed by atoms with Crippen LogP contribution in [0.3, 0.4) is 0 Å². The quantitative estimate of drug-likeness (QED) is 0.299. The van der Waals surface area contributed by atoms with E-state index >= 15 is 0 Å². The molecule has 6 nitrogen and oxygen atoms in total. The van der Waals surface area contributed by atoms with E-state index in [1.165, 1.54) is 24.3 Å². The molecule has 0 heterocycles. The fourth-order valence-electron chi connectivity index (χ4n) is 3.15. The summed E-state index contributed by atoms with van der Waals surface area (Å²) in [5, 5.41) is 8.20. The lowest BCUT2D eigenvalue weighted by Gasteiger charge is -2.13. The molecule has 35 heavy (non-hydrogen) atoms. The van der Waals surface area contributed by atoms with E-state index in [4.69, 9.17) is 4.74 Å². The minimum atomic E-state index is -4.51. The minimum Gasteiger partial charge on any atom is -0.491 e. The van der Waals surface area contributed by atoms with Crippen LogP contribution in [0.4, 0.5) is 30.2 Å². The minimum absolute atomic E-state index is 0.0300. The molecule has 3 aromatic rings. The standard InChI is InChI=1S/C26H26F3N3O3/c1-2-3-14-35-23-13-5-4-12-22(23)32-24(33)17-30-20-10-6-8-18(15-20)25(34)31-21-11-7-9-19(16-21)26(27,28)29/h4-13,15-16,30H,2-3,14,17H2,1H3,(H,31,34)(H,32,33). The molecular formula is C26H26F3N3O3. The highest BCUT2D eigenvalue weighted by molar-refractivity contribution is 6.05. The first-order valence-corrected chi connectivity index (χ1v) is 11.1. The summed E-state index contributed by atoms with van der Waals surface area (Å²) in [6.45, 7) is 2.55. The summed E-state index contributed by atoms with van der Waals surface area (Å²) in [5.74, 6) is -0.298. The van der Waals surface area contributed by atoms with Gasteiger partial charge in [0.05, 0.1) is 24.4 Å².